The van der Waals surface area contributed by atoms with Gasteiger partial charge in [-0.05, 0) is 37.0 Å². The lowest BCUT2D eigenvalue weighted by atomic mass is 9.99. The van der Waals surface area contributed by atoms with E-state index in [2.05, 4.69) is 41.5 Å². The topological polar surface area (TPSA) is 78.9 Å². The third-order valence-electron chi connectivity index (χ3n) is 15.8. The second kappa shape index (κ2) is 58.1. The molecular weight excluding hydrogens is 901 g/mol. The molecule has 434 valence electrons. The molecule has 1 unspecified atom stereocenters. The summed E-state index contributed by atoms with van der Waals surface area (Å²) in [6, 6.07) is 0. The van der Waals surface area contributed by atoms with Gasteiger partial charge in [0.2, 0.25) is 0 Å². The molecule has 0 heterocycles. The van der Waals surface area contributed by atoms with Crippen molar-refractivity contribution in [1.82, 2.24) is 0 Å². The number of carbonyl (C=O) groups excluding carboxylic acids is 3. The number of esters is 3. The molecule has 2 atom stereocenters. The van der Waals surface area contributed by atoms with Crippen LogP contribution in [0.3, 0.4) is 0 Å². The van der Waals surface area contributed by atoms with E-state index in [9.17, 15) is 14.4 Å². The average Bonchev–Trinajstić information content (AvgIpc) is 3.37. The molecule has 0 amide bonds. The fourth-order valence-electron chi connectivity index (χ4n) is 10.4. The summed E-state index contributed by atoms with van der Waals surface area (Å²) in [5, 5.41) is 0. The summed E-state index contributed by atoms with van der Waals surface area (Å²) in [4.78, 5) is 38.3. The molecule has 6 nitrogen and oxygen atoms in total. The van der Waals surface area contributed by atoms with Crippen LogP contribution in [0, 0.1) is 17.8 Å². The maximum absolute atomic E-state index is 12.9. The van der Waals surface area contributed by atoms with Crippen molar-refractivity contribution in [1.29, 1.82) is 0 Å². The molecular formula is C67H130O6. The molecule has 73 heavy (non-hydrogen) atoms. The van der Waals surface area contributed by atoms with E-state index in [1.54, 1.807) is 0 Å². The molecule has 0 aliphatic heterocycles. The first-order chi connectivity index (χ1) is 35.6. The summed E-state index contributed by atoms with van der Waals surface area (Å²) in [5.74, 6) is 1.74. The average molecular weight is 1030 g/mol. The molecule has 0 aromatic heterocycles. The molecule has 0 spiro atoms. The summed E-state index contributed by atoms with van der Waals surface area (Å²) in [7, 11) is 0. The SMILES string of the molecule is CCC(C)CCCCCCCCCCCCCCCCCCCCC(=O)OC[C@H](COC(=O)CCCCCCCCCCCC(C)C)OC(=O)CCCCCCCCCCCCCCCCCCCCC(C)C. The van der Waals surface area contributed by atoms with E-state index in [0.29, 0.717) is 19.3 Å². The summed E-state index contributed by atoms with van der Waals surface area (Å²) < 4.78 is 17.0. The minimum Gasteiger partial charge on any atom is -0.462 e. The minimum atomic E-state index is -0.765. The van der Waals surface area contributed by atoms with Gasteiger partial charge in [0.1, 0.15) is 13.2 Å². The van der Waals surface area contributed by atoms with Crippen LogP contribution in [0.1, 0.15) is 375 Å². The van der Waals surface area contributed by atoms with E-state index < -0.39 is 6.10 Å². The second-order valence-electron chi connectivity index (χ2n) is 24.3. The van der Waals surface area contributed by atoms with Gasteiger partial charge in [0.15, 0.2) is 6.10 Å². The van der Waals surface area contributed by atoms with E-state index in [4.69, 9.17) is 14.2 Å². The molecule has 0 rings (SSSR count). The van der Waals surface area contributed by atoms with Crippen molar-refractivity contribution in [2.45, 2.75) is 382 Å². The van der Waals surface area contributed by atoms with Crippen molar-refractivity contribution in [3.63, 3.8) is 0 Å². The fourth-order valence-corrected chi connectivity index (χ4v) is 10.4. The van der Waals surface area contributed by atoms with Crippen molar-refractivity contribution < 1.29 is 28.6 Å². The summed E-state index contributed by atoms with van der Waals surface area (Å²) in [5.41, 5.74) is 0. The number of unbranched alkanes of at least 4 members (excludes halogenated alkanes) is 42. The van der Waals surface area contributed by atoms with Gasteiger partial charge in [0, 0.05) is 19.3 Å². The lowest BCUT2D eigenvalue weighted by Gasteiger charge is -2.18. The molecule has 0 N–H and O–H groups in total. The van der Waals surface area contributed by atoms with E-state index in [0.717, 1.165) is 75.5 Å². The van der Waals surface area contributed by atoms with E-state index in [1.165, 1.54) is 257 Å². The van der Waals surface area contributed by atoms with Crippen LogP contribution in [0.2, 0.25) is 0 Å². The van der Waals surface area contributed by atoms with Crippen molar-refractivity contribution in [2.75, 3.05) is 13.2 Å². The zero-order valence-electron chi connectivity index (χ0n) is 50.4. The molecule has 0 saturated carbocycles. The normalized spacial score (nSPS) is 12.5. The molecule has 0 radical (unpaired) electrons. The van der Waals surface area contributed by atoms with Crippen molar-refractivity contribution in [3.05, 3.63) is 0 Å². The Kier molecular flexibility index (Phi) is 56.8. The first-order valence-electron chi connectivity index (χ1n) is 33.1. The molecule has 0 aliphatic carbocycles. The zero-order valence-corrected chi connectivity index (χ0v) is 50.4. The number of rotatable bonds is 60. The molecule has 0 bridgehead atoms. The van der Waals surface area contributed by atoms with Crippen LogP contribution in [0.5, 0.6) is 0 Å². The van der Waals surface area contributed by atoms with Crippen LogP contribution in [-0.2, 0) is 28.6 Å². The van der Waals surface area contributed by atoms with Crippen molar-refractivity contribution in [3.8, 4) is 0 Å². The van der Waals surface area contributed by atoms with E-state index in [1.807, 2.05) is 0 Å². The van der Waals surface area contributed by atoms with Crippen LogP contribution in [0.25, 0.3) is 0 Å². The third-order valence-corrected chi connectivity index (χ3v) is 15.8. The van der Waals surface area contributed by atoms with Gasteiger partial charge in [0.25, 0.3) is 0 Å². The number of ether oxygens (including phenoxy) is 3. The third kappa shape index (κ3) is 59.5. The maximum atomic E-state index is 12.9. The van der Waals surface area contributed by atoms with Crippen LogP contribution in [0.15, 0.2) is 0 Å². The minimum absolute atomic E-state index is 0.0627. The van der Waals surface area contributed by atoms with Gasteiger partial charge in [0.05, 0.1) is 0 Å². The van der Waals surface area contributed by atoms with Gasteiger partial charge in [-0.1, -0.05) is 337 Å². The largest absolute Gasteiger partial charge is 0.462 e. The monoisotopic (exact) mass is 1030 g/mol. The molecule has 0 fully saturated rings. The molecule has 0 aromatic carbocycles. The smallest absolute Gasteiger partial charge is 0.306 e. The second-order valence-corrected chi connectivity index (χ2v) is 24.3. The van der Waals surface area contributed by atoms with Crippen LogP contribution in [-0.4, -0.2) is 37.2 Å². The van der Waals surface area contributed by atoms with Gasteiger partial charge in [-0.2, -0.15) is 0 Å². The van der Waals surface area contributed by atoms with Gasteiger partial charge in [-0.25, -0.2) is 0 Å². The summed E-state index contributed by atoms with van der Waals surface area (Å²) >= 11 is 0. The van der Waals surface area contributed by atoms with Gasteiger partial charge >= 0.3 is 17.9 Å². The van der Waals surface area contributed by atoms with Crippen LogP contribution < -0.4 is 0 Å². The molecule has 6 heteroatoms. The highest BCUT2D eigenvalue weighted by Gasteiger charge is 2.20. The maximum Gasteiger partial charge on any atom is 0.306 e. The summed E-state index contributed by atoms with van der Waals surface area (Å²) in [6.45, 7) is 13.8. The zero-order chi connectivity index (χ0) is 53.3. The predicted molar refractivity (Wildman–Crippen MR) is 316 cm³/mol. The first-order valence-corrected chi connectivity index (χ1v) is 33.1. The molecule has 0 aromatic rings. The Balaban J connectivity index is 4.22. The highest BCUT2D eigenvalue weighted by molar-refractivity contribution is 5.71. The van der Waals surface area contributed by atoms with Crippen molar-refractivity contribution in [2.24, 2.45) is 17.8 Å². The summed E-state index contributed by atoms with van der Waals surface area (Å²) in [6.07, 6.45) is 64.0. The standard InChI is InChI=1S/C67H130O6/c1-7-63(6)55-49-43-37-31-25-21-17-13-9-11-14-18-22-26-32-38-44-50-56-65(68)71-59-64(60-72-66(69)57-51-45-39-34-28-30-36-42-48-54-62(4)5)73-67(70)58-52-46-40-33-27-23-19-15-10-8-12-16-20-24-29-35-41-47-53-61(2)3/h61-64H,7-60H2,1-6H3/t63?,64-/m1/s1. The number of hydrogen-bond donors (Lipinski definition) is 0. The highest BCUT2D eigenvalue weighted by atomic mass is 16.6. The van der Waals surface area contributed by atoms with Gasteiger partial charge in [-0.15, -0.1) is 0 Å². The van der Waals surface area contributed by atoms with Gasteiger partial charge < -0.3 is 14.2 Å². The van der Waals surface area contributed by atoms with E-state index in [-0.39, 0.29) is 31.1 Å². The fraction of sp³-hybridized carbons (Fsp3) is 0.955. The Bertz CT molecular complexity index is 1130. The van der Waals surface area contributed by atoms with Crippen LogP contribution >= 0.6 is 0 Å². The highest BCUT2D eigenvalue weighted by Crippen LogP contribution is 2.20. The number of carbonyl (C=O) groups is 3. The predicted octanol–water partition coefficient (Wildman–Crippen LogP) is 22.2. The Morgan fingerprint density at radius 3 is 0.712 bits per heavy atom. The lowest BCUT2D eigenvalue weighted by molar-refractivity contribution is -0.167. The Hall–Kier alpha value is -1.59. The van der Waals surface area contributed by atoms with Crippen molar-refractivity contribution >= 4 is 17.9 Å². The first kappa shape index (κ1) is 71.4. The van der Waals surface area contributed by atoms with Gasteiger partial charge in [-0.3, -0.25) is 14.4 Å². The molecule has 0 aliphatic rings. The van der Waals surface area contributed by atoms with E-state index >= 15 is 0 Å². The Morgan fingerprint density at radius 1 is 0.274 bits per heavy atom. The quantitative estimate of drug-likeness (QED) is 0.0343. The molecule has 0 saturated heterocycles. The van der Waals surface area contributed by atoms with Crippen LogP contribution in [0.4, 0.5) is 0 Å². The Labute approximate surface area is 457 Å². The number of hydrogen-bond acceptors (Lipinski definition) is 6. The Morgan fingerprint density at radius 2 is 0.479 bits per heavy atom. The lowest BCUT2D eigenvalue weighted by Crippen LogP contribution is -2.30.